The van der Waals surface area contributed by atoms with E-state index >= 15 is 0 Å². The molecule has 5 heteroatoms. The number of fused-ring (bicyclic) bond motifs is 3. The van der Waals surface area contributed by atoms with E-state index in [9.17, 15) is 9.59 Å². The van der Waals surface area contributed by atoms with Crippen LogP contribution < -0.4 is 5.32 Å². The van der Waals surface area contributed by atoms with E-state index in [0.717, 1.165) is 39.3 Å². The van der Waals surface area contributed by atoms with Crippen molar-refractivity contribution in [3.05, 3.63) is 52.9 Å². The number of amides is 2. The maximum absolute atomic E-state index is 11.6. The second kappa shape index (κ2) is 4.49. The number of furan rings is 1. The Morgan fingerprint density at radius 2 is 1.81 bits per heavy atom. The molecule has 3 aromatic rings. The first-order valence-electron chi connectivity index (χ1n) is 6.37. The van der Waals surface area contributed by atoms with Crippen LogP contribution in [-0.2, 0) is 4.79 Å². The third-order valence-corrected chi connectivity index (χ3v) is 4.15. The molecule has 0 unspecified atom stereocenters. The van der Waals surface area contributed by atoms with Crippen molar-refractivity contribution in [2.75, 3.05) is 0 Å². The van der Waals surface area contributed by atoms with Crippen LogP contribution in [0.3, 0.4) is 0 Å². The fourth-order valence-corrected chi connectivity index (χ4v) is 3.09. The molecule has 0 bridgehead atoms. The standard InChI is InChI=1S/C16H9NO3S/c18-15-14(21-16(19)17-15)8-9-5-6-13-11(7-9)10-3-1-2-4-12(10)20-13/h1-8H,(H,17,18,19)/b14-8-. The lowest BCUT2D eigenvalue weighted by Gasteiger charge is -1.96. The zero-order chi connectivity index (χ0) is 14.4. The summed E-state index contributed by atoms with van der Waals surface area (Å²) in [4.78, 5) is 23.2. The van der Waals surface area contributed by atoms with Crippen LogP contribution in [0, 0.1) is 0 Å². The Morgan fingerprint density at radius 3 is 2.62 bits per heavy atom. The van der Waals surface area contributed by atoms with Crippen LogP contribution in [-0.4, -0.2) is 11.1 Å². The van der Waals surface area contributed by atoms with Gasteiger partial charge >= 0.3 is 0 Å². The van der Waals surface area contributed by atoms with Crippen molar-refractivity contribution in [3.63, 3.8) is 0 Å². The number of hydrogen-bond donors (Lipinski definition) is 1. The fourth-order valence-electron chi connectivity index (χ4n) is 2.41. The molecule has 2 aromatic carbocycles. The zero-order valence-corrected chi connectivity index (χ0v) is 11.6. The number of benzene rings is 2. The summed E-state index contributed by atoms with van der Waals surface area (Å²) in [6.07, 6.45) is 1.71. The van der Waals surface area contributed by atoms with Gasteiger partial charge in [0.25, 0.3) is 11.1 Å². The zero-order valence-electron chi connectivity index (χ0n) is 10.8. The molecule has 1 N–H and O–H groups in total. The highest BCUT2D eigenvalue weighted by atomic mass is 32.2. The van der Waals surface area contributed by atoms with Crippen LogP contribution >= 0.6 is 11.8 Å². The Balaban J connectivity index is 1.87. The third kappa shape index (κ3) is 2.02. The minimum atomic E-state index is -0.345. The Hall–Kier alpha value is -2.53. The first-order valence-corrected chi connectivity index (χ1v) is 7.18. The van der Waals surface area contributed by atoms with Crippen LogP contribution in [0.4, 0.5) is 4.79 Å². The molecule has 4 nitrogen and oxygen atoms in total. The smallest absolute Gasteiger partial charge is 0.290 e. The largest absolute Gasteiger partial charge is 0.456 e. The molecule has 102 valence electrons. The minimum absolute atomic E-state index is 0.332. The van der Waals surface area contributed by atoms with E-state index in [4.69, 9.17) is 4.42 Å². The summed E-state index contributed by atoms with van der Waals surface area (Å²) >= 11 is 0.918. The molecular weight excluding hydrogens is 286 g/mol. The van der Waals surface area contributed by atoms with Crippen molar-refractivity contribution in [1.82, 2.24) is 5.32 Å². The van der Waals surface area contributed by atoms with Gasteiger partial charge < -0.3 is 4.42 Å². The third-order valence-electron chi connectivity index (χ3n) is 3.34. The minimum Gasteiger partial charge on any atom is -0.456 e. The average Bonchev–Trinajstić information content (AvgIpc) is 2.99. The molecule has 21 heavy (non-hydrogen) atoms. The van der Waals surface area contributed by atoms with Crippen LogP contribution in [0.5, 0.6) is 0 Å². The average molecular weight is 295 g/mol. The van der Waals surface area contributed by atoms with Crippen molar-refractivity contribution in [1.29, 1.82) is 0 Å². The number of rotatable bonds is 1. The number of nitrogens with one attached hydrogen (secondary N) is 1. The van der Waals surface area contributed by atoms with Crippen molar-refractivity contribution in [2.24, 2.45) is 0 Å². The molecule has 1 fully saturated rings. The van der Waals surface area contributed by atoms with E-state index in [1.165, 1.54) is 0 Å². The summed E-state index contributed by atoms with van der Waals surface area (Å²) < 4.78 is 5.76. The SMILES string of the molecule is O=C1NC(=O)/C(=C/c2ccc3oc4ccccc4c3c2)S1. The second-order valence-electron chi connectivity index (χ2n) is 4.71. The maximum atomic E-state index is 11.6. The monoisotopic (exact) mass is 295 g/mol. The van der Waals surface area contributed by atoms with Crippen LogP contribution in [0.2, 0.25) is 0 Å². The van der Waals surface area contributed by atoms with Crippen LogP contribution in [0.25, 0.3) is 28.0 Å². The Labute approximate surface area is 123 Å². The lowest BCUT2D eigenvalue weighted by Crippen LogP contribution is -2.17. The van der Waals surface area contributed by atoms with Gasteiger partial charge in [0.2, 0.25) is 0 Å². The molecule has 1 aromatic heterocycles. The molecule has 0 spiro atoms. The molecule has 0 saturated carbocycles. The highest BCUT2D eigenvalue weighted by molar-refractivity contribution is 8.18. The number of carbonyl (C=O) groups excluding carboxylic acids is 2. The van der Waals surface area contributed by atoms with Gasteiger partial charge in [0, 0.05) is 10.8 Å². The highest BCUT2D eigenvalue weighted by Gasteiger charge is 2.24. The number of carbonyl (C=O) groups is 2. The lowest BCUT2D eigenvalue weighted by atomic mass is 10.1. The summed E-state index contributed by atoms with van der Waals surface area (Å²) in [6, 6.07) is 13.5. The quantitative estimate of drug-likeness (QED) is 0.691. The molecule has 4 rings (SSSR count). The van der Waals surface area contributed by atoms with E-state index in [1.54, 1.807) is 6.08 Å². The Kier molecular flexibility index (Phi) is 2.62. The maximum Gasteiger partial charge on any atom is 0.290 e. The van der Waals surface area contributed by atoms with Gasteiger partial charge in [-0.1, -0.05) is 24.3 Å². The van der Waals surface area contributed by atoms with Gasteiger partial charge in [-0.2, -0.15) is 0 Å². The van der Waals surface area contributed by atoms with E-state index < -0.39 is 0 Å². The van der Waals surface area contributed by atoms with E-state index in [-0.39, 0.29) is 11.1 Å². The van der Waals surface area contributed by atoms with Gasteiger partial charge in [-0.05, 0) is 41.6 Å². The van der Waals surface area contributed by atoms with Gasteiger partial charge in [0.05, 0.1) is 4.91 Å². The molecule has 1 aliphatic heterocycles. The summed E-state index contributed by atoms with van der Waals surface area (Å²) in [6.45, 7) is 0. The van der Waals surface area contributed by atoms with Gasteiger partial charge in [-0.15, -0.1) is 0 Å². The van der Waals surface area contributed by atoms with E-state index in [0.29, 0.717) is 4.91 Å². The Morgan fingerprint density at radius 1 is 1.00 bits per heavy atom. The number of imide groups is 1. The Bertz CT molecular complexity index is 939. The predicted molar refractivity (Wildman–Crippen MR) is 82.8 cm³/mol. The fraction of sp³-hybridized carbons (Fsp3) is 0. The van der Waals surface area contributed by atoms with Crippen LogP contribution in [0.15, 0.2) is 51.8 Å². The van der Waals surface area contributed by atoms with Gasteiger partial charge in [-0.3, -0.25) is 14.9 Å². The summed E-state index contributed by atoms with van der Waals surface area (Å²) in [7, 11) is 0. The second-order valence-corrected chi connectivity index (χ2v) is 5.72. The molecule has 2 heterocycles. The number of hydrogen-bond acceptors (Lipinski definition) is 4. The molecular formula is C16H9NO3S. The normalized spacial score (nSPS) is 17.0. The van der Waals surface area contributed by atoms with Gasteiger partial charge in [0.1, 0.15) is 11.2 Å². The first kappa shape index (κ1) is 12.2. The molecule has 0 atom stereocenters. The number of thioether (sulfide) groups is 1. The van der Waals surface area contributed by atoms with Gasteiger partial charge in [-0.25, -0.2) is 0 Å². The highest BCUT2D eigenvalue weighted by Crippen LogP contribution is 2.31. The van der Waals surface area contributed by atoms with Crippen molar-refractivity contribution < 1.29 is 14.0 Å². The summed E-state index contributed by atoms with van der Waals surface area (Å²) in [5.41, 5.74) is 2.50. The molecule has 1 aliphatic rings. The van der Waals surface area contributed by atoms with Crippen molar-refractivity contribution >= 4 is 50.9 Å². The number of para-hydroxylation sites is 1. The molecule has 1 saturated heterocycles. The predicted octanol–water partition coefficient (Wildman–Crippen LogP) is 3.91. The van der Waals surface area contributed by atoms with E-state index in [2.05, 4.69) is 5.32 Å². The van der Waals surface area contributed by atoms with Gasteiger partial charge in [0.15, 0.2) is 0 Å². The summed E-state index contributed by atoms with van der Waals surface area (Å²) in [5, 5.41) is 3.94. The topological polar surface area (TPSA) is 59.3 Å². The molecule has 2 amide bonds. The van der Waals surface area contributed by atoms with Crippen LogP contribution in [0.1, 0.15) is 5.56 Å². The van der Waals surface area contributed by atoms with Crippen molar-refractivity contribution in [2.45, 2.75) is 0 Å². The van der Waals surface area contributed by atoms with E-state index in [1.807, 2.05) is 42.5 Å². The molecule has 0 aliphatic carbocycles. The van der Waals surface area contributed by atoms with Crippen molar-refractivity contribution in [3.8, 4) is 0 Å². The lowest BCUT2D eigenvalue weighted by molar-refractivity contribution is -0.115. The molecule has 0 radical (unpaired) electrons. The summed E-state index contributed by atoms with van der Waals surface area (Å²) in [5.74, 6) is -0.345. The first-order chi connectivity index (χ1) is 10.2.